The van der Waals surface area contributed by atoms with Gasteiger partial charge in [0.2, 0.25) is 11.8 Å². The smallest absolute Gasteiger partial charge is 0.227 e. The molecule has 0 saturated carbocycles. The standard InChI is InChI=1S/C22H31ClN2O2/c1-22(2,3)21(27)24-12-6-9-17(15-24)20(26)25-13-7-10-18(25)14-16-8-4-5-11-19(16)23/h4-5,8,11,17-18H,6-7,9-10,12-15H2,1-3H3. The number of amides is 2. The van der Waals surface area contributed by atoms with Gasteiger partial charge in [0.05, 0.1) is 5.92 Å². The lowest BCUT2D eigenvalue weighted by Gasteiger charge is -2.38. The predicted molar refractivity (Wildman–Crippen MR) is 109 cm³/mol. The van der Waals surface area contributed by atoms with Crippen molar-refractivity contribution >= 4 is 23.4 Å². The Bertz CT molecular complexity index is 698. The molecule has 0 aromatic heterocycles. The number of nitrogens with zero attached hydrogens (tertiary/aromatic N) is 2. The van der Waals surface area contributed by atoms with Crippen molar-refractivity contribution in [3.8, 4) is 0 Å². The molecule has 0 aliphatic carbocycles. The molecule has 5 heteroatoms. The first-order chi connectivity index (χ1) is 12.8. The highest BCUT2D eigenvalue weighted by atomic mass is 35.5. The fourth-order valence-electron chi connectivity index (χ4n) is 4.33. The van der Waals surface area contributed by atoms with Crippen LogP contribution in [0.1, 0.15) is 52.0 Å². The van der Waals surface area contributed by atoms with E-state index in [0.29, 0.717) is 6.54 Å². The van der Waals surface area contributed by atoms with E-state index in [1.54, 1.807) is 0 Å². The van der Waals surface area contributed by atoms with Crippen molar-refractivity contribution in [3.63, 3.8) is 0 Å². The Kier molecular flexibility index (Phi) is 6.15. The maximum absolute atomic E-state index is 13.3. The summed E-state index contributed by atoms with van der Waals surface area (Å²) in [7, 11) is 0. The van der Waals surface area contributed by atoms with Crippen LogP contribution in [0.15, 0.2) is 24.3 Å². The molecule has 0 radical (unpaired) electrons. The number of piperidine rings is 1. The molecular weight excluding hydrogens is 360 g/mol. The first-order valence-corrected chi connectivity index (χ1v) is 10.5. The summed E-state index contributed by atoms with van der Waals surface area (Å²) in [5.41, 5.74) is 0.711. The molecule has 2 atom stereocenters. The van der Waals surface area contributed by atoms with Crippen molar-refractivity contribution in [1.82, 2.24) is 9.80 Å². The molecule has 27 heavy (non-hydrogen) atoms. The highest BCUT2D eigenvalue weighted by Gasteiger charge is 2.38. The number of rotatable bonds is 3. The number of benzene rings is 1. The molecular formula is C22H31ClN2O2. The number of carbonyl (C=O) groups is 2. The summed E-state index contributed by atoms with van der Waals surface area (Å²) < 4.78 is 0. The summed E-state index contributed by atoms with van der Waals surface area (Å²) in [5, 5.41) is 0.774. The monoisotopic (exact) mass is 390 g/mol. The van der Waals surface area contributed by atoms with E-state index in [1.165, 1.54) is 0 Å². The average molecular weight is 391 g/mol. The second-order valence-corrected chi connectivity index (χ2v) is 9.37. The molecule has 4 nitrogen and oxygen atoms in total. The van der Waals surface area contributed by atoms with E-state index in [0.717, 1.165) is 55.8 Å². The lowest BCUT2D eigenvalue weighted by molar-refractivity contribution is -0.145. The Morgan fingerprint density at radius 1 is 1.11 bits per heavy atom. The summed E-state index contributed by atoms with van der Waals surface area (Å²) in [6, 6.07) is 8.11. The zero-order valence-corrected chi connectivity index (χ0v) is 17.5. The summed E-state index contributed by atoms with van der Waals surface area (Å²) in [6.45, 7) is 7.98. The van der Waals surface area contributed by atoms with Crippen molar-refractivity contribution in [2.75, 3.05) is 19.6 Å². The maximum atomic E-state index is 13.3. The molecule has 1 aromatic rings. The number of hydrogen-bond acceptors (Lipinski definition) is 2. The highest BCUT2D eigenvalue weighted by molar-refractivity contribution is 6.31. The van der Waals surface area contributed by atoms with Crippen molar-refractivity contribution in [2.45, 2.75) is 58.9 Å². The number of halogens is 1. The number of hydrogen-bond donors (Lipinski definition) is 0. The van der Waals surface area contributed by atoms with Crippen LogP contribution in [0.4, 0.5) is 0 Å². The fourth-order valence-corrected chi connectivity index (χ4v) is 4.54. The first-order valence-electron chi connectivity index (χ1n) is 10.1. The van der Waals surface area contributed by atoms with Gasteiger partial charge in [-0.2, -0.15) is 0 Å². The van der Waals surface area contributed by atoms with E-state index < -0.39 is 5.41 Å². The molecule has 148 valence electrons. The van der Waals surface area contributed by atoms with Crippen LogP contribution in [0.2, 0.25) is 5.02 Å². The maximum Gasteiger partial charge on any atom is 0.227 e. The number of carbonyl (C=O) groups excluding carboxylic acids is 2. The topological polar surface area (TPSA) is 40.6 Å². The van der Waals surface area contributed by atoms with Gasteiger partial charge in [-0.25, -0.2) is 0 Å². The Morgan fingerprint density at radius 3 is 2.52 bits per heavy atom. The van der Waals surface area contributed by atoms with Gasteiger partial charge in [0.1, 0.15) is 0 Å². The van der Waals surface area contributed by atoms with E-state index in [4.69, 9.17) is 11.6 Å². The first kappa shape index (κ1) is 20.2. The molecule has 3 rings (SSSR count). The largest absolute Gasteiger partial charge is 0.341 e. The summed E-state index contributed by atoms with van der Waals surface area (Å²) in [5.74, 6) is 0.293. The van der Waals surface area contributed by atoms with Gasteiger partial charge in [0.25, 0.3) is 0 Å². The van der Waals surface area contributed by atoms with Gasteiger partial charge in [-0.1, -0.05) is 50.6 Å². The third kappa shape index (κ3) is 4.66. The van der Waals surface area contributed by atoms with Gasteiger partial charge in [-0.15, -0.1) is 0 Å². The number of likely N-dealkylation sites (tertiary alicyclic amines) is 2. The lowest BCUT2D eigenvalue weighted by Crippen LogP contribution is -2.50. The average Bonchev–Trinajstić information content (AvgIpc) is 3.10. The van der Waals surface area contributed by atoms with E-state index in [9.17, 15) is 9.59 Å². The van der Waals surface area contributed by atoms with E-state index >= 15 is 0 Å². The molecule has 2 aliphatic rings. The Balaban J connectivity index is 1.67. The van der Waals surface area contributed by atoms with Gasteiger partial charge in [0.15, 0.2) is 0 Å². The van der Waals surface area contributed by atoms with Gasteiger partial charge in [0, 0.05) is 36.1 Å². The van der Waals surface area contributed by atoms with Gasteiger partial charge in [-0.05, 0) is 43.7 Å². The zero-order valence-electron chi connectivity index (χ0n) is 16.7. The second-order valence-electron chi connectivity index (χ2n) is 8.96. The summed E-state index contributed by atoms with van der Waals surface area (Å²) in [6.07, 6.45) is 4.65. The highest BCUT2D eigenvalue weighted by Crippen LogP contribution is 2.29. The molecule has 2 saturated heterocycles. The van der Waals surface area contributed by atoms with Crippen LogP contribution in [0.25, 0.3) is 0 Å². The van der Waals surface area contributed by atoms with Crippen molar-refractivity contribution in [3.05, 3.63) is 34.9 Å². The molecule has 2 fully saturated rings. The molecule has 2 heterocycles. The quantitative estimate of drug-likeness (QED) is 0.777. The Morgan fingerprint density at radius 2 is 1.81 bits per heavy atom. The van der Waals surface area contributed by atoms with Crippen molar-refractivity contribution < 1.29 is 9.59 Å². The normalized spacial score (nSPS) is 23.6. The van der Waals surface area contributed by atoms with Gasteiger partial charge in [-0.3, -0.25) is 9.59 Å². The lowest BCUT2D eigenvalue weighted by atomic mass is 9.90. The second kappa shape index (κ2) is 8.22. The Labute approximate surface area is 167 Å². The van der Waals surface area contributed by atoms with Crippen LogP contribution < -0.4 is 0 Å². The van der Waals surface area contributed by atoms with Crippen molar-refractivity contribution in [2.24, 2.45) is 11.3 Å². The molecule has 0 bridgehead atoms. The van der Waals surface area contributed by atoms with E-state index in [1.807, 2.05) is 49.9 Å². The van der Waals surface area contributed by atoms with E-state index in [2.05, 4.69) is 4.90 Å². The zero-order chi connectivity index (χ0) is 19.6. The molecule has 1 aromatic carbocycles. The van der Waals surface area contributed by atoms with E-state index in [-0.39, 0.29) is 23.8 Å². The molecule has 2 unspecified atom stereocenters. The molecule has 0 N–H and O–H groups in total. The SMILES string of the molecule is CC(C)(C)C(=O)N1CCCC(C(=O)N2CCCC2Cc2ccccc2Cl)C1. The van der Waals surface area contributed by atoms with Gasteiger partial charge >= 0.3 is 0 Å². The minimum absolute atomic E-state index is 0.0723. The Hall–Kier alpha value is -1.55. The van der Waals surface area contributed by atoms with Crippen LogP contribution >= 0.6 is 11.6 Å². The third-order valence-electron chi connectivity index (χ3n) is 5.77. The summed E-state index contributed by atoms with van der Waals surface area (Å²) in [4.78, 5) is 29.8. The van der Waals surface area contributed by atoms with Crippen molar-refractivity contribution in [1.29, 1.82) is 0 Å². The summed E-state index contributed by atoms with van der Waals surface area (Å²) >= 11 is 6.33. The molecule has 0 spiro atoms. The fraction of sp³-hybridized carbons (Fsp3) is 0.636. The molecule has 2 amide bonds. The van der Waals surface area contributed by atoms with Gasteiger partial charge < -0.3 is 9.80 Å². The third-order valence-corrected chi connectivity index (χ3v) is 6.14. The van der Waals surface area contributed by atoms with Crippen LogP contribution in [-0.2, 0) is 16.0 Å². The molecule has 2 aliphatic heterocycles. The van der Waals surface area contributed by atoms with Crippen LogP contribution in [0.5, 0.6) is 0 Å². The van der Waals surface area contributed by atoms with Crippen LogP contribution in [-0.4, -0.2) is 47.3 Å². The van der Waals surface area contributed by atoms with Crippen LogP contribution in [0, 0.1) is 11.3 Å². The minimum Gasteiger partial charge on any atom is -0.341 e. The predicted octanol–water partition coefficient (Wildman–Crippen LogP) is 4.16. The van der Waals surface area contributed by atoms with Crippen LogP contribution in [0.3, 0.4) is 0 Å². The minimum atomic E-state index is -0.398.